The van der Waals surface area contributed by atoms with Gasteiger partial charge in [0, 0.05) is 25.1 Å². The lowest BCUT2D eigenvalue weighted by atomic mass is 10.1. The molecule has 0 amide bonds. The predicted octanol–water partition coefficient (Wildman–Crippen LogP) is 3.09. The van der Waals surface area contributed by atoms with Gasteiger partial charge in [0.05, 0.1) is 6.04 Å². The molecule has 0 saturated carbocycles. The van der Waals surface area contributed by atoms with Crippen LogP contribution in [0, 0.1) is 0 Å². The molecule has 0 bridgehead atoms. The Morgan fingerprint density at radius 2 is 2.39 bits per heavy atom. The molecule has 0 saturated heterocycles. The van der Waals surface area contributed by atoms with Gasteiger partial charge in [-0.25, -0.2) is 0 Å². The summed E-state index contributed by atoms with van der Waals surface area (Å²) in [5.41, 5.74) is 0. The van der Waals surface area contributed by atoms with Gasteiger partial charge in [-0.3, -0.25) is 0 Å². The highest BCUT2D eigenvalue weighted by atomic mass is 32.1. The molecule has 0 aliphatic rings. The molecule has 0 aliphatic carbocycles. The first kappa shape index (κ1) is 15.4. The molecule has 3 nitrogen and oxygen atoms in total. The molecule has 1 aromatic heterocycles. The van der Waals surface area contributed by atoms with Crippen molar-refractivity contribution in [3.8, 4) is 0 Å². The van der Waals surface area contributed by atoms with Gasteiger partial charge in [-0.05, 0) is 36.5 Å². The molecule has 1 aromatic rings. The van der Waals surface area contributed by atoms with Crippen LogP contribution >= 0.6 is 23.6 Å². The van der Waals surface area contributed by atoms with E-state index in [9.17, 15) is 0 Å². The van der Waals surface area contributed by atoms with Gasteiger partial charge in [0.1, 0.15) is 0 Å². The van der Waals surface area contributed by atoms with E-state index in [0.29, 0.717) is 6.04 Å². The molecule has 5 heteroatoms. The van der Waals surface area contributed by atoms with E-state index in [0.717, 1.165) is 37.5 Å². The first-order valence-corrected chi connectivity index (χ1v) is 7.63. The van der Waals surface area contributed by atoms with Gasteiger partial charge in [0.15, 0.2) is 5.11 Å². The average Bonchev–Trinajstić information content (AvgIpc) is 2.88. The van der Waals surface area contributed by atoms with Crippen LogP contribution in [0.25, 0.3) is 0 Å². The molecule has 1 atom stereocenters. The van der Waals surface area contributed by atoms with E-state index in [1.54, 1.807) is 18.4 Å². The summed E-state index contributed by atoms with van der Waals surface area (Å²) < 4.78 is 5.00. The Balaban J connectivity index is 2.34. The van der Waals surface area contributed by atoms with Crippen molar-refractivity contribution in [2.24, 2.45) is 0 Å². The number of ether oxygens (including phenoxy) is 1. The Hall–Kier alpha value is -0.650. The van der Waals surface area contributed by atoms with E-state index in [1.165, 1.54) is 4.88 Å². The fraction of sp³-hybridized carbons (Fsp3) is 0.615. The van der Waals surface area contributed by atoms with Crippen molar-refractivity contribution in [3.63, 3.8) is 0 Å². The number of hydrogen-bond donors (Lipinski definition) is 2. The van der Waals surface area contributed by atoms with Crippen LogP contribution in [0.1, 0.15) is 37.1 Å². The summed E-state index contributed by atoms with van der Waals surface area (Å²) in [7, 11) is 1.71. The second kappa shape index (κ2) is 9.30. The van der Waals surface area contributed by atoms with Crippen LogP contribution in [-0.2, 0) is 4.74 Å². The Kier molecular flexibility index (Phi) is 7.96. The molecule has 0 aliphatic heterocycles. The molecule has 18 heavy (non-hydrogen) atoms. The van der Waals surface area contributed by atoms with Crippen LogP contribution in [-0.4, -0.2) is 25.4 Å². The summed E-state index contributed by atoms with van der Waals surface area (Å²) in [5, 5.41) is 9.44. The molecule has 1 rings (SSSR count). The molecule has 2 N–H and O–H groups in total. The van der Waals surface area contributed by atoms with E-state index < -0.39 is 0 Å². The van der Waals surface area contributed by atoms with Crippen molar-refractivity contribution in [1.29, 1.82) is 0 Å². The number of thiophene rings is 1. The van der Waals surface area contributed by atoms with E-state index in [1.807, 2.05) is 0 Å². The van der Waals surface area contributed by atoms with E-state index in [-0.39, 0.29) is 0 Å². The molecule has 1 unspecified atom stereocenters. The standard InChI is InChI=1S/C13H22N2OS2/c1-3-6-11(12-7-4-10-18-12)15-13(17)14-8-5-9-16-2/h4,7,10-11H,3,5-6,8-9H2,1-2H3,(H2,14,15,17). The maximum Gasteiger partial charge on any atom is 0.166 e. The van der Waals surface area contributed by atoms with Crippen molar-refractivity contribution >= 4 is 28.7 Å². The van der Waals surface area contributed by atoms with Gasteiger partial charge >= 0.3 is 0 Å². The molecular weight excluding hydrogens is 264 g/mol. The smallest absolute Gasteiger partial charge is 0.166 e. The first-order chi connectivity index (χ1) is 8.77. The quantitative estimate of drug-likeness (QED) is 0.568. The number of hydrogen-bond acceptors (Lipinski definition) is 3. The molecule has 102 valence electrons. The highest BCUT2D eigenvalue weighted by Gasteiger charge is 2.12. The second-order valence-electron chi connectivity index (χ2n) is 4.10. The van der Waals surface area contributed by atoms with Gasteiger partial charge in [0.2, 0.25) is 0 Å². The molecule has 0 fully saturated rings. The maximum atomic E-state index is 5.31. The van der Waals surface area contributed by atoms with Crippen molar-refractivity contribution < 1.29 is 4.74 Å². The summed E-state index contributed by atoms with van der Waals surface area (Å²) >= 11 is 7.08. The third kappa shape index (κ3) is 5.80. The van der Waals surface area contributed by atoms with Crippen LogP contribution in [0.15, 0.2) is 17.5 Å². The number of thiocarbonyl (C=S) groups is 1. The van der Waals surface area contributed by atoms with E-state index in [2.05, 4.69) is 35.1 Å². The van der Waals surface area contributed by atoms with Crippen LogP contribution in [0.5, 0.6) is 0 Å². The van der Waals surface area contributed by atoms with Crippen molar-refractivity contribution in [2.45, 2.75) is 32.2 Å². The second-order valence-corrected chi connectivity index (χ2v) is 5.49. The van der Waals surface area contributed by atoms with Crippen LogP contribution in [0.4, 0.5) is 0 Å². The predicted molar refractivity (Wildman–Crippen MR) is 82.2 cm³/mol. The summed E-state index contributed by atoms with van der Waals surface area (Å²) in [6.07, 6.45) is 3.21. The molecule has 0 aromatic carbocycles. The SMILES string of the molecule is CCCC(NC(=S)NCCCOC)c1cccs1. The van der Waals surface area contributed by atoms with Crippen molar-refractivity contribution in [2.75, 3.05) is 20.3 Å². The van der Waals surface area contributed by atoms with Gasteiger partial charge in [-0.15, -0.1) is 11.3 Å². The van der Waals surface area contributed by atoms with Gasteiger partial charge in [-0.2, -0.15) is 0 Å². The van der Waals surface area contributed by atoms with Crippen LogP contribution < -0.4 is 10.6 Å². The Morgan fingerprint density at radius 1 is 1.56 bits per heavy atom. The van der Waals surface area contributed by atoms with Crippen LogP contribution in [0.2, 0.25) is 0 Å². The zero-order chi connectivity index (χ0) is 13.2. The Morgan fingerprint density at radius 3 is 3.00 bits per heavy atom. The molecule has 0 radical (unpaired) electrons. The fourth-order valence-corrected chi connectivity index (χ4v) is 2.75. The Labute approximate surface area is 119 Å². The third-order valence-corrected chi connectivity index (χ3v) is 3.83. The number of nitrogens with one attached hydrogen (secondary N) is 2. The van der Waals surface area contributed by atoms with Crippen molar-refractivity contribution in [1.82, 2.24) is 10.6 Å². The Bertz CT molecular complexity index is 328. The third-order valence-electron chi connectivity index (χ3n) is 2.58. The minimum absolute atomic E-state index is 0.331. The highest BCUT2D eigenvalue weighted by Crippen LogP contribution is 2.22. The summed E-state index contributed by atoms with van der Waals surface area (Å²) in [6.45, 7) is 3.80. The van der Waals surface area contributed by atoms with Crippen LogP contribution in [0.3, 0.4) is 0 Å². The maximum absolute atomic E-state index is 5.31. The van der Waals surface area contributed by atoms with E-state index in [4.69, 9.17) is 17.0 Å². The number of methoxy groups -OCH3 is 1. The zero-order valence-corrected chi connectivity index (χ0v) is 12.7. The monoisotopic (exact) mass is 286 g/mol. The number of rotatable bonds is 8. The lowest BCUT2D eigenvalue weighted by Gasteiger charge is -2.19. The lowest BCUT2D eigenvalue weighted by Crippen LogP contribution is -2.38. The topological polar surface area (TPSA) is 33.3 Å². The van der Waals surface area contributed by atoms with Gasteiger partial charge < -0.3 is 15.4 Å². The van der Waals surface area contributed by atoms with Crippen molar-refractivity contribution in [3.05, 3.63) is 22.4 Å². The zero-order valence-electron chi connectivity index (χ0n) is 11.1. The average molecular weight is 286 g/mol. The minimum atomic E-state index is 0.331. The largest absolute Gasteiger partial charge is 0.385 e. The van der Waals surface area contributed by atoms with Gasteiger partial charge in [0.25, 0.3) is 0 Å². The first-order valence-electron chi connectivity index (χ1n) is 6.34. The highest BCUT2D eigenvalue weighted by molar-refractivity contribution is 7.80. The molecular formula is C13H22N2OS2. The lowest BCUT2D eigenvalue weighted by molar-refractivity contribution is 0.195. The minimum Gasteiger partial charge on any atom is -0.385 e. The normalized spacial score (nSPS) is 12.1. The summed E-state index contributed by atoms with van der Waals surface area (Å²) in [5.74, 6) is 0. The summed E-state index contributed by atoms with van der Waals surface area (Å²) in [4.78, 5) is 1.35. The molecule has 0 spiro atoms. The fourth-order valence-electron chi connectivity index (χ4n) is 1.69. The van der Waals surface area contributed by atoms with Gasteiger partial charge in [-0.1, -0.05) is 19.4 Å². The van der Waals surface area contributed by atoms with E-state index >= 15 is 0 Å². The summed E-state index contributed by atoms with van der Waals surface area (Å²) in [6, 6.07) is 4.57. The molecule has 1 heterocycles.